The van der Waals surface area contributed by atoms with Crippen LogP contribution in [0.25, 0.3) is 0 Å². The van der Waals surface area contributed by atoms with E-state index in [1.807, 2.05) is 31.2 Å². The highest BCUT2D eigenvalue weighted by atomic mass is 32.2. The molecule has 0 radical (unpaired) electrons. The van der Waals surface area contributed by atoms with Gasteiger partial charge in [0.1, 0.15) is 10.6 Å². The molecule has 150 valence electrons. The first-order valence-electron chi connectivity index (χ1n) is 9.40. The molecule has 3 rings (SSSR count). The molecular formula is C21H26N2O4S. The first kappa shape index (κ1) is 20.4. The van der Waals surface area contributed by atoms with Crippen molar-refractivity contribution in [3.63, 3.8) is 0 Å². The second kappa shape index (κ2) is 8.32. The number of sulfonamides is 1. The summed E-state index contributed by atoms with van der Waals surface area (Å²) < 4.78 is 27.0. The van der Waals surface area contributed by atoms with E-state index in [2.05, 4.69) is 0 Å². The largest absolute Gasteiger partial charge is 0.507 e. The Balaban J connectivity index is 1.58. The van der Waals surface area contributed by atoms with E-state index < -0.39 is 10.0 Å². The molecule has 1 fully saturated rings. The van der Waals surface area contributed by atoms with E-state index in [1.54, 1.807) is 17.9 Å². The van der Waals surface area contributed by atoms with E-state index in [4.69, 9.17) is 0 Å². The third kappa shape index (κ3) is 4.54. The molecule has 6 nitrogen and oxygen atoms in total. The number of piperazine rings is 1. The maximum absolute atomic E-state index is 12.8. The molecule has 1 aliphatic heterocycles. The zero-order valence-electron chi connectivity index (χ0n) is 16.3. The Morgan fingerprint density at radius 2 is 1.57 bits per heavy atom. The van der Waals surface area contributed by atoms with E-state index in [9.17, 15) is 18.3 Å². The number of rotatable bonds is 5. The fourth-order valence-corrected chi connectivity index (χ4v) is 4.90. The summed E-state index contributed by atoms with van der Waals surface area (Å²) in [6.45, 7) is 4.98. The van der Waals surface area contributed by atoms with Gasteiger partial charge in [0.05, 0.1) is 0 Å². The number of hydrogen-bond acceptors (Lipinski definition) is 4. The molecule has 2 aromatic carbocycles. The minimum atomic E-state index is -3.78. The maximum Gasteiger partial charge on any atom is 0.246 e. The normalized spacial score (nSPS) is 15.6. The first-order valence-corrected chi connectivity index (χ1v) is 10.8. The van der Waals surface area contributed by atoms with Crippen molar-refractivity contribution in [2.45, 2.75) is 31.6 Å². The number of phenols is 1. The van der Waals surface area contributed by atoms with Gasteiger partial charge in [0.25, 0.3) is 0 Å². The lowest BCUT2D eigenvalue weighted by molar-refractivity contribution is -0.132. The Kier molecular flexibility index (Phi) is 6.05. The van der Waals surface area contributed by atoms with Crippen LogP contribution in [0.3, 0.4) is 0 Å². The van der Waals surface area contributed by atoms with Crippen LogP contribution in [0.2, 0.25) is 0 Å². The minimum Gasteiger partial charge on any atom is -0.507 e. The van der Waals surface area contributed by atoms with Crippen molar-refractivity contribution >= 4 is 15.9 Å². The lowest BCUT2D eigenvalue weighted by Gasteiger charge is -2.34. The average molecular weight is 403 g/mol. The van der Waals surface area contributed by atoms with Crippen molar-refractivity contribution in [3.05, 3.63) is 59.2 Å². The number of benzene rings is 2. The Morgan fingerprint density at radius 3 is 2.21 bits per heavy atom. The zero-order chi connectivity index (χ0) is 20.3. The molecule has 0 unspecified atom stereocenters. The molecule has 1 heterocycles. The number of aromatic hydroxyl groups is 1. The molecule has 1 amide bonds. The van der Waals surface area contributed by atoms with Crippen LogP contribution in [-0.4, -0.2) is 54.8 Å². The lowest BCUT2D eigenvalue weighted by Crippen LogP contribution is -2.50. The Bertz CT molecular complexity index is 947. The fourth-order valence-electron chi connectivity index (χ4n) is 3.31. The van der Waals surface area contributed by atoms with E-state index in [1.165, 1.54) is 22.0 Å². The van der Waals surface area contributed by atoms with Gasteiger partial charge in [-0.05, 0) is 43.5 Å². The van der Waals surface area contributed by atoms with Gasteiger partial charge < -0.3 is 10.0 Å². The molecule has 7 heteroatoms. The number of amides is 1. The summed E-state index contributed by atoms with van der Waals surface area (Å²) in [6, 6.07) is 12.7. The van der Waals surface area contributed by atoms with Gasteiger partial charge in [-0.3, -0.25) is 4.79 Å². The maximum atomic E-state index is 12.8. The molecule has 0 bridgehead atoms. The van der Waals surface area contributed by atoms with Gasteiger partial charge in [-0.25, -0.2) is 8.42 Å². The number of carbonyl (C=O) groups excluding carboxylic acids is 1. The first-order chi connectivity index (χ1) is 13.3. The summed E-state index contributed by atoms with van der Waals surface area (Å²) in [6.07, 6.45) is 1.09. The number of nitrogens with zero attached hydrogens (tertiary/aromatic N) is 2. The van der Waals surface area contributed by atoms with E-state index >= 15 is 0 Å². The predicted octanol–water partition coefficient (Wildman–Crippen LogP) is 2.47. The summed E-state index contributed by atoms with van der Waals surface area (Å²) in [4.78, 5) is 14.1. The Hall–Kier alpha value is -2.38. The van der Waals surface area contributed by atoms with Gasteiger partial charge in [0, 0.05) is 32.6 Å². The van der Waals surface area contributed by atoms with E-state index in [0.717, 1.165) is 11.1 Å². The quantitative estimate of drug-likeness (QED) is 0.833. The Labute approximate surface area is 166 Å². The molecule has 28 heavy (non-hydrogen) atoms. The molecule has 1 saturated heterocycles. The van der Waals surface area contributed by atoms with Gasteiger partial charge in [-0.1, -0.05) is 35.9 Å². The van der Waals surface area contributed by atoms with Crippen LogP contribution < -0.4 is 0 Å². The lowest BCUT2D eigenvalue weighted by atomic mass is 10.1. The third-order valence-corrected chi connectivity index (χ3v) is 7.00. The van der Waals surface area contributed by atoms with Crippen LogP contribution in [0.15, 0.2) is 47.4 Å². The topological polar surface area (TPSA) is 77.9 Å². The predicted molar refractivity (Wildman–Crippen MR) is 108 cm³/mol. The molecule has 1 N–H and O–H groups in total. The highest BCUT2D eigenvalue weighted by molar-refractivity contribution is 7.89. The number of phenolic OH excluding ortho intramolecular Hbond substituents is 1. The van der Waals surface area contributed by atoms with Crippen molar-refractivity contribution in [1.82, 2.24) is 9.21 Å². The third-order valence-electron chi connectivity index (χ3n) is 5.07. The van der Waals surface area contributed by atoms with Crippen LogP contribution >= 0.6 is 0 Å². The average Bonchev–Trinajstić information content (AvgIpc) is 2.69. The minimum absolute atomic E-state index is 0.0380. The van der Waals surface area contributed by atoms with Gasteiger partial charge in [0.2, 0.25) is 15.9 Å². The van der Waals surface area contributed by atoms with E-state index in [-0.39, 0.29) is 29.6 Å². The molecule has 0 atom stereocenters. The van der Waals surface area contributed by atoms with Crippen LogP contribution in [0, 0.1) is 13.8 Å². The van der Waals surface area contributed by atoms with Crippen LogP contribution in [0.5, 0.6) is 5.75 Å². The standard InChI is InChI=1S/C21H26N2O4S/c1-16-3-6-18(7-4-16)8-10-21(25)22-11-13-23(14-12-22)28(26,27)20-15-17(2)5-9-19(20)24/h3-7,9,15,24H,8,10-14H2,1-2H3. The summed E-state index contributed by atoms with van der Waals surface area (Å²) >= 11 is 0. The van der Waals surface area contributed by atoms with Gasteiger partial charge in [-0.15, -0.1) is 0 Å². The monoisotopic (exact) mass is 402 g/mol. The Morgan fingerprint density at radius 1 is 0.964 bits per heavy atom. The number of carbonyl (C=O) groups is 1. The second-order valence-corrected chi connectivity index (χ2v) is 9.15. The highest BCUT2D eigenvalue weighted by Gasteiger charge is 2.31. The van der Waals surface area contributed by atoms with Crippen molar-refractivity contribution < 1.29 is 18.3 Å². The SMILES string of the molecule is Cc1ccc(CCC(=O)N2CCN(S(=O)(=O)c3cc(C)ccc3O)CC2)cc1. The smallest absolute Gasteiger partial charge is 0.246 e. The van der Waals surface area contributed by atoms with Crippen LogP contribution in [0.1, 0.15) is 23.1 Å². The zero-order valence-corrected chi connectivity index (χ0v) is 17.1. The summed E-state index contributed by atoms with van der Waals surface area (Å²) in [7, 11) is -3.78. The summed E-state index contributed by atoms with van der Waals surface area (Å²) in [5.74, 6) is -0.210. The molecule has 0 aliphatic carbocycles. The molecule has 0 spiro atoms. The summed E-state index contributed by atoms with van der Waals surface area (Å²) in [5, 5.41) is 9.97. The number of hydrogen-bond donors (Lipinski definition) is 1. The van der Waals surface area contributed by atoms with Crippen LogP contribution in [-0.2, 0) is 21.2 Å². The van der Waals surface area contributed by atoms with Crippen molar-refractivity contribution in [3.8, 4) is 5.75 Å². The van der Waals surface area contributed by atoms with Crippen molar-refractivity contribution in [2.24, 2.45) is 0 Å². The van der Waals surface area contributed by atoms with Gasteiger partial charge in [-0.2, -0.15) is 4.31 Å². The molecule has 1 aliphatic rings. The number of aryl methyl sites for hydroxylation is 3. The molecular weight excluding hydrogens is 376 g/mol. The van der Waals surface area contributed by atoms with Gasteiger partial charge in [0.15, 0.2) is 0 Å². The fraction of sp³-hybridized carbons (Fsp3) is 0.381. The van der Waals surface area contributed by atoms with Crippen LogP contribution in [0.4, 0.5) is 0 Å². The van der Waals surface area contributed by atoms with Crippen molar-refractivity contribution in [1.29, 1.82) is 0 Å². The summed E-state index contributed by atoms with van der Waals surface area (Å²) in [5.41, 5.74) is 3.07. The molecule has 2 aromatic rings. The van der Waals surface area contributed by atoms with Gasteiger partial charge >= 0.3 is 0 Å². The highest BCUT2D eigenvalue weighted by Crippen LogP contribution is 2.27. The molecule has 0 aromatic heterocycles. The molecule has 0 saturated carbocycles. The van der Waals surface area contributed by atoms with Crippen molar-refractivity contribution in [2.75, 3.05) is 26.2 Å². The second-order valence-electron chi connectivity index (χ2n) is 7.24. The van der Waals surface area contributed by atoms with E-state index in [0.29, 0.717) is 25.9 Å².